The molecule has 0 N–H and O–H groups in total. The lowest BCUT2D eigenvalue weighted by Crippen LogP contribution is -2.09. The zero-order chi connectivity index (χ0) is 11.4. The van der Waals surface area contributed by atoms with E-state index in [4.69, 9.17) is 4.74 Å². The average molecular weight is 274 g/mol. The molecular formula is C11H16BrNO2. The molecule has 84 valence electrons. The van der Waals surface area contributed by atoms with E-state index in [1.165, 1.54) is 0 Å². The lowest BCUT2D eigenvalue weighted by Gasteiger charge is -2.08. The van der Waals surface area contributed by atoms with Crippen molar-refractivity contribution in [2.24, 2.45) is 0 Å². The van der Waals surface area contributed by atoms with E-state index in [-0.39, 0.29) is 5.78 Å². The number of Topliss-reactive ketones (excluding diaryl/α,β-unsaturated/α-hetero) is 1. The predicted octanol–water partition coefficient (Wildman–Crippen LogP) is 2.33. The van der Waals surface area contributed by atoms with E-state index < -0.39 is 0 Å². The monoisotopic (exact) mass is 273 g/mol. The molecule has 1 aromatic rings. The summed E-state index contributed by atoms with van der Waals surface area (Å²) in [4.78, 5) is 11.6. The van der Waals surface area contributed by atoms with Gasteiger partial charge in [0.25, 0.3) is 0 Å². The molecule has 0 aromatic carbocycles. The summed E-state index contributed by atoms with van der Waals surface area (Å²) >= 11 is 3.19. The first-order valence-corrected chi connectivity index (χ1v) is 5.98. The number of ether oxygens (including phenoxy) is 1. The second-order valence-corrected chi connectivity index (χ2v) is 4.05. The van der Waals surface area contributed by atoms with Crippen molar-refractivity contribution in [1.29, 1.82) is 0 Å². The van der Waals surface area contributed by atoms with Gasteiger partial charge in [-0.2, -0.15) is 0 Å². The van der Waals surface area contributed by atoms with E-state index in [2.05, 4.69) is 20.5 Å². The normalized spacial score (nSPS) is 10.7. The number of halogens is 1. The highest BCUT2D eigenvalue weighted by atomic mass is 79.9. The molecule has 0 amide bonds. The fraction of sp³-hybridized carbons (Fsp3) is 0.545. The summed E-state index contributed by atoms with van der Waals surface area (Å²) in [6, 6.07) is 1.94. The van der Waals surface area contributed by atoms with Gasteiger partial charge in [-0.25, -0.2) is 0 Å². The number of alkyl halides is 1. The van der Waals surface area contributed by atoms with Crippen LogP contribution in [0.1, 0.15) is 21.7 Å². The number of hydrogen-bond donors (Lipinski definition) is 0. The summed E-state index contributed by atoms with van der Waals surface area (Å²) in [7, 11) is 1.68. The maximum absolute atomic E-state index is 11.6. The molecule has 1 rings (SSSR count). The summed E-state index contributed by atoms with van der Waals surface area (Å²) in [6.45, 7) is 5.44. The molecule has 0 spiro atoms. The summed E-state index contributed by atoms with van der Waals surface area (Å²) in [6.07, 6.45) is 0. The summed E-state index contributed by atoms with van der Waals surface area (Å²) < 4.78 is 7.15. The highest BCUT2D eigenvalue weighted by Gasteiger charge is 2.13. The molecule has 0 saturated heterocycles. The van der Waals surface area contributed by atoms with Crippen molar-refractivity contribution in [3.8, 4) is 0 Å². The molecule has 3 nitrogen and oxygen atoms in total. The number of hydrogen-bond acceptors (Lipinski definition) is 2. The number of aromatic nitrogens is 1. The smallest absolute Gasteiger partial charge is 0.175 e. The Labute approximate surface area is 98.5 Å². The van der Waals surface area contributed by atoms with Crippen molar-refractivity contribution >= 4 is 21.7 Å². The fourth-order valence-electron chi connectivity index (χ4n) is 1.68. The maximum atomic E-state index is 11.6. The molecule has 4 heteroatoms. The number of aryl methyl sites for hydroxylation is 1. The van der Waals surface area contributed by atoms with Crippen molar-refractivity contribution in [3.63, 3.8) is 0 Å². The quantitative estimate of drug-likeness (QED) is 0.609. The van der Waals surface area contributed by atoms with Crippen molar-refractivity contribution in [3.05, 3.63) is 23.0 Å². The lowest BCUT2D eigenvalue weighted by molar-refractivity contribution is 0.102. The van der Waals surface area contributed by atoms with Crippen LogP contribution in [0.4, 0.5) is 0 Å². The van der Waals surface area contributed by atoms with Gasteiger partial charge >= 0.3 is 0 Å². The third kappa shape index (κ3) is 2.69. The molecule has 0 unspecified atom stereocenters. The highest BCUT2D eigenvalue weighted by Crippen LogP contribution is 2.16. The van der Waals surface area contributed by atoms with Gasteiger partial charge in [0.05, 0.1) is 11.9 Å². The van der Waals surface area contributed by atoms with Crippen LogP contribution in [0, 0.1) is 13.8 Å². The Balaban J connectivity index is 2.98. The van der Waals surface area contributed by atoms with E-state index in [0.717, 1.165) is 23.5 Å². The van der Waals surface area contributed by atoms with E-state index in [1.807, 2.05) is 19.9 Å². The van der Waals surface area contributed by atoms with E-state index in [1.54, 1.807) is 7.11 Å². The van der Waals surface area contributed by atoms with Crippen LogP contribution in [-0.4, -0.2) is 29.4 Å². The van der Waals surface area contributed by atoms with Crippen LogP contribution in [0.3, 0.4) is 0 Å². The SMILES string of the molecule is COCCn1c(C)cc(C(=O)CBr)c1C. The van der Waals surface area contributed by atoms with Crippen molar-refractivity contribution < 1.29 is 9.53 Å². The number of carbonyl (C=O) groups excluding carboxylic acids is 1. The first kappa shape index (κ1) is 12.5. The average Bonchev–Trinajstić information content (AvgIpc) is 2.51. The second kappa shape index (κ2) is 5.47. The van der Waals surface area contributed by atoms with Crippen LogP contribution in [0.15, 0.2) is 6.07 Å². The van der Waals surface area contributed by atoms with Gasteiger partial charge in [0.2, 0.25) is 0 Å². The first-order valence-electron chi connectivity index (χ1n) is 4.86. The van der Waals surface area contributed by atoms with Crippen molar-refractivity contribution in [1.82, 2.24) is 4.57 Å². The molecule has 0 aliphatic heterocycles. The van der Waals surface area contributed by atoms with E-state index in [0.29, 0.717) is 11.9 Å². The molecule has 1 aromatic heterocycles. The zero-order valence-electron chi connectivity index (χ0n) is 9.34. The molecule has 0 fully saturated rings. The van der Waals surface area contributed by atoms with Crippen LogP contribution in [0.25, 0.3) is 0 Å². The topological polar surface area (TPSA) is 31.2 Å². The Hall–Kier alpha value is -0.610. The minimum atomic E-state index is 0.131. The minimum Gasteiger partial charge on any atom is -0.383 e. The third-order valence-corrected chi connectivity index (χ3v) is 3.02. The standard InChI is InChI=1S/C11H16BrNO2/c1-8-6-10(11(14)7-12)9(2)13(8)4-5-15-3/h6H,4-5,7H2,1-3H3. The van der Waals surface area contributed by atoms with Crippen LogP contribution >= 0.6 is 15.9 Å². The van der Waals surface area contributed by atoms with Crippen LogP contribution < -0.4 is 0 Å². The highest BCUT2D eigenvalue weighted by molar-refractivity contribution is 9.09. The van der Waals surface area contributed by atoms with Crippen LogP contribution in [-0.2, 0) is 11.3 Å². The van der Waals surface area contributed by atoms with Gasteiger partial charge in [0, 0.05) is 30.6 Å². The van der Waals surface area contributed by atoms with Crippen LogP contribution in [0.2, 0.25) is 0 Å². The zero-order valence-corrected chi connectivity index (χ0v) is 10.9. The molecule has 0 aliphatic carbocycles. The van der Waals surface area contributed by atoms with Crippen molar-refractivity contribution in [2.75, 3.05) is 19.0 Å². The van der Waals surface area contributed by atoms with Gasteiger partial charge in [-0.05, 0) is 19.9 Å². The van der Waals surface area contributed by atoms with Gasteiger partial charge in [0.1, 0.15) is 0 Å². The minimum absolute atomic E-state index is 0.131. The maximum Gasteiger partial charge on any atom is 0.175 e. The summed E-state index contributed by atoms with van der Waals surface area (Å²) in [5, 5.41) is 0.377. The molecule has 0 aliphatic rings. The molecule has 0 saturated carbocycles. The Bertz CT molecular complexity index is 358. The third-order valence-electron chi connectivity index (χ3n) is 2.51. The second-order valence-electron chi connectivity index (χ2n) is 3.49. The molecule has 0 radical (unpaired) electrons. The molecule has 0 bridgehead atoms. The summed E-state index contributed by atoms with van der Waals surface area (Å²) in [5.74, 6) is 0.131. The number of nitrogens with zero attached hydrogens (tertiary/aromatic N) is 1. The van der Waals surface area contributed by atoms with Crippen LogP contribution in [0.5, 0.6) is 0 Å². The molecule has 1 heterocycles. The Morgan fingerprint density at radius 3 is 2.73 bits per heavy atom. The van der Waals surface area contributed by atoms with Gasteiger partial charge in [-0.1, -0.05) is 15.9 Å². The molecular weight excluding hydrogens is 258 g/mol. The number of rotatable bonds is 5. The number of carbonyl (C=O) groups is 1. The Kier molecular flexibility index (Phi) is 4.54. The molecule has 15 heavy (non-hydrogen) atoms. The number of methoxy groups -OCH3 is 1. The molecule has 0 atom stereocenters. The van der Waals surface area contributed by atoms with Gasteiger partial charge in [-0.15, -0.1) is 0 Å². The first-order chi connectivity index (χ1) is 7.11. The largest absolute Gasteiger partial charge is 0.383 e. The van der Waals surface area contributed by atoms with Gasteiger partial charge < -0.3 is 9.30 Å². The van der Waals surface area contributed by atoms with Crippen molar-refractivity contribution in [2.45, 2.75) is 20.4 Å². The predicted molar refractivity (Wildman–Crippen MR) is 63.9 cm³/mol. The summed E-state index contributed by atoms with van der Waals surface area (Å²) in [5.41, 5.74) is 2.93. The Morgan fingerprint density at radius 2 is 2.20 bits per heavy atom. The van der Waals surface area contributed by atoms with Gasteiger partial charge in [-0.3, -0.25) is 4.79 Å². The fourth-order valence-corrected chi connectivity index (χ4v) is 1.98. The van der Waals surface area contributed by atoms with E-state index in [9.17, 15) is 4.79 Å². The van der Waals surface area contributed by atoms with Gasteiger partial charge in [0.15, 0.2) is 5.78 Å². The van der Waals surface area contributed by atoms with E-state index >= 15 is 0 Å². The Morgan fingerprint density at radius 1 is 1.53 bits per heavy atom. The lowest BCUT2D eigenvalue weighted by atomic mass is 10.2. The number of ketones is 1.